The first-order chi connectivity index (χ1) is 7.76. The Morgan fingerprint density at radius 3 is 2.41 bits per heavy atom. The minimum Gasteiger partial charge on any atom is -0.325 e. The highest BCUT2D eigenvalue weighted by molar-refractivity contribution is 6.53. The van der Waals surface area contributed by atoms with E-state index in [0.29, 0.717) is 6.42 Å². The minimum absolute atomic E-state index is 0.172. The number of benzene rings is 1. The predicted molar refractivity (Wildman–Crippen MR) is 62.1 cm³/mol. The van der Waals surface area contributed by atoms with Gasteiger partial charge >= 0.3 is 0 Å². The number of alkyl halides is 2. The van der Waals surface area contributed by atoms with Crippen molar-refractivity contribution < 1.29 is 13.6 Å². The number of hydrogen-bond donors (Lipinski definition) is 1. The molecular formula is C11H9Cl2F2NO. The van der Waals surface area contributed by atoms with Crippen molar-refractivity contribution in [3.05, 3.63) is 29.8 Å². The van der Waals surface area contributed by atoms with Crippen LogP contribution in [0.2, 0.25) is 0 Å². The van der Waals surface area contributed by atoms with Gasteiger partial charge in [-0.25, -0.2) is 8.78 Å². The van der Waals surface area contributed by atoms with Gasteiger partial charge in [-0.2, -0.15) is 0 Å². The molecule has 2 rings (SSSR count). The lowest BCUT2D eigenvalue weighted by atomic mass is 10.1. The van der Waals surface area contributed by atoms with Gasteiger partial charge in [-0.3, -0.25) is 4.79 Å². The Hall–Kier alpha value is -0.870. The van der Waals surface area contributed by atoms with Crippen molar-refractivity contribution in [2.45, 2.75) is 17.7 Å². The summed E-state index contributed by atoms with van der Waals surface area (Å²) in [5.41, 5.74) is -0.716. The van der Waals surface area contributed by atoms with Gasteiger partial charge in [0.15, 0.2) is 11.6 Å². The van der Waals surface area contributed by atoms with E-state index < -0.39 is 27.3 Å². The number of carbonyl (C=O) groups excluding carboxylic acids is 1. The molecule has 0 bridgehead atoms. The van der Waals surface area contributed by atoms with Gasteiger partial charge in [0, 0.05) is 11.8 Å². The van der Waals surface area contributed by atoms with Gasteiger partial charge in [0.2, 0.25) is 5.91 Å². The summed E-state index contributed by atoms with van der Waals surface area (Å²) in [4.78, 5) is 11.8. The normalized spacial score (nSPS) is 25.5. The van der Waals surface area contributed by atoms with Crippen molar-refractivity contribution in [2.75, 3.05) is 5.32 Å². The molecule has 0 aliphatic heterocycles. The lowest BCUT2D eigenvalue weighted by Gasteiger charge is -2.12. The third kappa shape index (κ3) is 2.11. The standard InChI is InChI=1S/C11H9Cl2F2NO/c1-10(5-11(10,12)13)9(17)16-6-2-3-7(14)8(15)4-6/h2-4H,5H2,1H3,(H,16,17). The molecule has 1 unspecified atom stereocenters. The van der Waals surface area contributed by atoms with Crippen LogP contribution < -0.4 is 5.32 Å². The summed E-state index contributed by atoms with van der Waals surface area (Å²) in [6.45, 7) is 1.61. The maximum atomic E-state index is 12.9. The third-order valence-corrected chi connectivity index (χ3v) is 4.04. The van der Waals surface area contributed by atoms with Gasteiger partial charge in [0.1, 0.15) is 4.33 Å². The zero-order valence-electron chi connectivity index (χ0n) is 8.86. The number of hydrogen-bond acceptors (Lipinski definition) is 1. The maximum absolute atomic E-state index is 12.9. The van der Waals surface area contributed by atoms with Crippen LogP contribution in [-0.4, -0.2) is 10.2 Å². The SMILES string of the molecule is CC1(C(=O)Nc2ccc(F)c(F)c2)CC1(Cl)Cl. The van der Waals surface area contributed by atoms with Crippen molar-refractivity contribution >= 4 is 34.8 Å². The molecule has 0 radical (unpaired) electrons. The van der Waals surface area contributed by atoms with Crippen molar-refractivity contribution in [3.8, 4) is 0 Å². The van der Waals surface area contributed by atoms with E-state index in [1.807, 2.05) is 0 Å². The number of halogens is 4. The van der Waals surface area contributed by atoms with Crippen LogP contribution in [0.15, 0.2) is 18.2 Å². The molecule has 92 valence electrons. The first-order valence-electron chi connectivity index (χ1n) is 4.91. The minimum atomic E-state index is -1.09. The Morgan fingerprint density at radius 2 is 1.94 bits per heavy atom. The molecule has 1 aromatic carbocycles. The molecule has 1 fully saturated rings. The second-order valence-electron chi connectivity index (χ2n) is 4.30. The number of amides is 1. The van der Waals surface area contributed by atoms with Gasteiger partial charge in [-0.15, -0.1) is 23.2 Å². The lowest BCUT2D eigenvalue weighted by Crippen LogP contribution is -2.26. The summed E-state index contributed by atoms with van der Waals surface area (Å²) in [6.07, 6.45) is 0.332. The Bertz CT molecular complexity index is 492. The molecule has 1 atom stereocenters. The lowest BCUT2D eigenvalue weighted by molar-refractivity contribution is -0.120. The van der Waals surface area contributed by atoms with Gasteiger partial charge in [0.05, 0.1) is 5.41 Å². The van der Waals surface area contributed by atoms with Crippen LogP contribution in [-0.2, 0) is 4.79 Å². The largest absolute Gasteiger partial charge is 0.325 e. The van der Waals surface area contributed by atoms with Crippen LogP contribution in [0.5, 0.6) is 0 Å². The fraction of sp³-hybridized carbons (Fsp3) is 0.364. The molecule has 1 saturated carbocycles. The summed E-state index contributed by atoms with van der Waals surface area (Å²) >= 11 is 11.7. The van der Waals surface area contributed by atoms with E-state index in [1.54, 1.807) is 6.92 Å². The molecule has 1 N–H and O–H groups in total. The second kappa shape index (κ2) is 3.82. The molecule has 6 heteroatoms. The van der Waals surface area contributed by atoms with Crippen molar-refractivity contribution in [1.82, 2.24) is 0 Å². The summed E-state index contributed by atoms with van der Waals surface area (Å²) in [5.74, 6) is -2.40. The molecule has 0 spiro atoms. The van der Waals surface area contributed by atoms with Crippen LogP contribution >= 0.6 is 23.2 Å². The number of carbonyl (C=O) groups is 1. The predicted octanol–water partition coefficient (Wildman–Crippen LogP) is 3.49. The van der Waals surface area contributed by atoms with Gasteiger partial charge in [-0.1, -0.05) is 0 Å². The molecule has 1 aliphatic carbocycles. The maximum Gasteiger partial charge on any atom is 0.233 e. The zero-order valence-corrected chi connectivity index (χ0v) is 10.4. The smallest absolute Gasteiger partial charge is 0.233 e. The summed E-state index contributed by atoms with van der Waals surface area (Å²) < 4.78 is 24.5. The van der Waals surface area contributed by atoms with E-state index in [-0.39, 0.29) is 5.69 Å². The van der Waals surface area contributed by atoms with Crippen molar-refractivity contribution in [2.24, 2.45) is 5.41 Å². The monoisotopic (exact) mass is 279 g/mol. The first-order valence-corrected chi connectivity index (χ1v) is 5.66. The molecule has 1 amide bonds. The molecule has 1 aliphatic rings. The highest BCUT2D eigenvalue weighted by Gasteiger charge is 2.67. The van der Waals surface area contributed by atoms with Crippen molar-refractivity contribution in [3.63, 3.8) is 0 Å². The molecule has 0 saturated heterocycles. The van der Waals surface area contributed by atoms with Crippen LogP contribution in [0.3, 0.4) is 0 Å². The highest BCUT2D eigenvalue weighted by Crippen LogP contribution is 2.64. The van der Waals surface area contributed by atoms with Gasteiger partial charge < -0.3 is 5.32 Å². The Balaban J connectivity index is 2.12. The van der Waals surface area contributed by atoms with E-state index in [0.717, 1.165) is 12.1 Å². The van der Waals surface area contributed by atoms with Crippen LogP contribution in [0.25, 0.3) is 0 Å². The molecule has 0 heterocycles. The molecule has 0 aromatic heterocycles. The summed E-state index contributed by atoms with van der Waals surface area (Å²) in [6, 6.07) is 3.12. The second-order valence-corrected chi connectivity index (χ2v) is 5.78. The van der Waals surface area contributed by atoms with E-state index in [4.69, 9.17) is 23.2 Å². The van der Waals surface area contributed by atoms with Crippen LogP contribution in [0.1, 0.15) is 13.3 Å². The topological polar surface area (TPSA) is 29.1 Å². The number of rotatable bonds is 2. The third-order valence-electron chi connectivity index (χ3n) is 2.94. The number of nitrogens with one attached hydrogen (secondary N) is 1. The van der Waals surface area contributed by atoms with E-state index in [2.05, 4.69) is 5.32 Å². The molecular weight excluding hydrogens is 271 g/mol. The molecule has 2 nitrogen and oxygen atoms in total. The number of anilines is 1. The fourth-order valence-electron chi connectivity index (χ4n) is 1.49. The summed E-state index contributed by atoms with van der Waals surface area (Å²) in [7, 11) is 0. The van der Waals surface area contributed by atoms with E-state index >= 15 is 0 Å². The Labute approximate surface area is 107 Å². The van der Waals surface area contributed by atoms with Gasteiger partial charge in [0.25, 0.3) is 0 Å². The quantitative estimate of drug-likeness (QED) is 0.825. The average Bonchev–Trinajstić information content (AvgIpc) is 2.74. The Morgan fingerprint density at radius 1 is 1.35 bits per heavy atom. The molecule has 1 aromatic rings. The van der Waals surface area contributed by atoms with E-state index in [1.165, 1.54) is 6.07 Å². The van der Waals surface area contributed by atoms with E-state index in [9.17, 15) is 13.6 Å². The highest BCUT2D eigenvalue weighted by atomic mass is 35.5. The first kappa shape index (κ1) is 12.6. The van der Waals surface area contributed by atoms with Gasteiger partial charge in [-0.05, 0) is 25.5 Å². The Kier molecular flexibility index (Phi) is 2.83. The fourth-order valence-corrected chi connectivity index (χ4v) is 2.20. The zero-order chi connectivity index (χ0) is 12.8. The van der Waals surface area contributed by atoms with Crippen LogP contribution in [0.4, 0.5) is 14.5 Å². The van der Waals surface area contributed by atoms with Crippen molar-refractivity contribution in [1.29, 1.82) is 0 Å². The molecule has 17 heavy (non-hydrogen) atoms. The average molecular weight is 280 g/mol. The van der Waals surface area contributed by atoms with Crippen LogP contribution in [0, 0.1) is 17.0 Å². The summed E-state index contributed by atoms with van der Waals surface area (Å²) in [5, 5.41) is 2.45.